The molecule has 1 N–H and O–H groups in total. The first kappa shape index (κ1) is 12.8. The first-order chi connectivity index (χ1) is 8.65. The van der Waals surface area contributed by atoms with Crippen LogP contribution in [0.5, 0.6) is 0 Å². The monoisotopic (exact) mass is 243 g/mol. The van der Waals surface area contributed by atoms with Gasteiger partial charge in [-0.3, -0.25) is 0 Å². The Morgan fingerprint density at radius 1 is 1.22 bits per heavy atom. The number of hydrogen-bond donors (Lipinski definition) is 1. The number of likely N-dealkylation sites (N-methyl/N-ethyl adjacent to an activating group) is 1. The van der Waals surface area contributed by atoms with Gasteiger partial charge < -0.3 is 9.88 Å². The van der Waals surface area contributed by atoms with Crippen molar-refractivity contribution in [1.82, 2.24) is 14.9 Å². The fourth-order valence-electron chi connectivity index (χ4n) is 2.18. The maximum absolute atomic E-state index is 4.80. The Balaban J connectivity index is 2.43. The molecule has 0 aliphatic rings. The van der Waals surface area contributed by atoms with Gasteiger partial charge in [-0.05, 0) is 26.5 Å². The average Bonchev–Trinajstić information content (AvgIpc) is 2.65. The van der Waals surface area contributed by atoms with Crippen LogP contribution in [0.15, 0.2) is 24.3 Å². The molecule has 0 radical (unpaired) electrons. The second kappa shape index (κ2) is 5.36. The molecule has 1 aromatic carbocycles. The van der Waals surface area contributed by atoms with E-state index in [2.05, 4.69) is 55.0 Å². The van der Waals surface area contributed by atoms with Crippen LogP contribution in [-0.4, -0.2) is 23.1 Å². The van der Waals surface area contributed by atoms with E-state index in [0.717, 1.165) is 18.8 Å². The summed E-state index contributed by atoms with van der Waals surface area (Å²) in [6, 6.07) is 8.40. The lowest BCUT2D eigenvalue weighted by molar-refractivity contribution is 0.772. The molecule has 1 aromatic heterocycles. The van der Waals surface area contributed by atoms with E-state index >= 15 is 0 Å². The van der Waals surface area contributed by atoms with E-state index in [4.69, 9.17) is 4.98 Å². The van der Waals surface area contributed by atoms with E-state index in [1.807, 2.05) is 7.05 Å². The molecular formula is C15H21N3. The molecular weight excluding hydrogens is 222 g/mol. The fraction of sp³-hybridized carbons (Fsp3) is 0.400. The molecule has 0 atom stereocenters. The van der Waals surface area contributed by atoms with Gasteiger partial charge in [-0.25, -0.2) is 4.98 Å². The van der Waals surface area contributed by atoms with Crippen LogP contribution in [-0.2, 0) is 13.5 Å². The zero-order valence-corrected chi connectivity index (χ0v) is 11.6. The van der Waals surface area contributed by atoms with Gasteiger partial charge in [0.1, 0.15) is 5.82 Å². The molecule has 0 aliphatic heterocycles. The summed E-state index contributed by atoms with van der Waals surface area (Å²) in [7, 11) is 4.06. The van der Waals surface area contributed by atoms with E-state index in [9.17, 15) is 0 Å². The maximum Gasteiger partial charge on any atom is 0.140 e. The third-order valence-electron chi connectivity index (χ3n) is 3.48. The molecule has 0 spiro atoms. The second-order valence-electron chi connectivity index (χ2n) is 4.70. The molecule has 0 bridgehead atoms. The molecule has 0 fully saturated rings. The molecule has 18 heavy (non-hydrogen) atoms. The fourth-order valence-corrected chi connectivity index (χ4v) is 2.18. The summed E-state index contributed by atoms with van der Waals surface area (Å²) in [5.41, 5.74) is 4.93. The molecule has 0 aliphatic carbocycles. The van der Waals surface area contributed by atoms with Crippen molar-refractivity contribution in [3.8, 4) is 11.4 Å². The van der Waals surface area contributed by atoms with Crippen LogP contribution < -0.4 is 5.32 Å². The van der Waals surface area contributed by atoms with Crippen molar-refractivity contribution in [3.63, 3.8) is 0 Å². The smallest absolute Gasteiger partial charge is 0.140 e. The Kier molecular flexibility index (Phi) is 3.82. The van der Waals surface area contributed by atoms with Gasteiger partial charge >= 0.3 is 0 Å². The van der Waals surface area contributed by atoms with Gasteiger partial charge in [0.2, 0.25) is 0 Å². The molecule has 0 amide bonds. The van der Waals surface area contributed by atoms with Gasteiger partial charge in [0.25, 0.3) is 0 Å². The zero-order chi connectivity index (χ0) is 13.1. The number of rotatable bonds is 4. The summed E-state index contributed by atoms with van der Waals surface area (Å²) in [6.45, 7) is 5.23. The first-order valence-corrected chi connectivity index (χ1v) is 6.38. The molecule has 3 heteroatoms. The number of imidazole rings is 1. The Morgan fingerprint density at radius 2 is 1.94 bits per heavy atom. The van der Waals surface area contributed by atoms with E-state index in [1.54, 1.807) is 0 Å². The largest absolute Gasteiger partial charge is 0.331 e. The van der Waals surface area contributed by atoms with Crippen LogP contribution in [0.4, 0.5) is 0 Å². The van der Waals surface area contributed by atoms with Gasteiger partial charge in [-0.15, -0.1) is 0 Å². The standard InChI is InChI=1S/C15H21N3/c1-11-7-5-6-8-13(11)15-17-14(9-10-16-3)12(2)18(15)4/h5-8,16H,9-10H2,1-4H3. The van der Waals surface area contributed by atoms with Gasteiger partial charge in [-0.1, -0.05) is 24.3 Å². The molecule has 1 heterocycles. The first-order valence-electron chi connectivity index (χ1n) is 6.38. The molecule has 0 saturated carbocycles. The van der Waals surface area contributed by atoms with Gasteiger partial charge in [0.15, 0.2) is 0 Å². The summed E-state index contributed by atoms with van der Waals surface area (Å²) < 4.78 is 2.19. The van der Waals surface area contributed by atoms with Crippen molar-refractivity contribution in [2.24, 2.45) is 7.05 Å². The van der Waals surface area contributed by atoms with Crippen molar-refractivity contribution in [1.29, 1.82) is 0 Å². The summed E-state index contributed by atoms with van der Waals surface area (Å²) in [4.78, 5) is 4.80. The van der Waals surface area contributed by atoms with E-state index in [-0.39, 0.29) is 0 Å². The summed E-state index contributed by atoms with van der Waals surface area (Å²) in [6.07, 6.45) is 0.974. The van der Waals surface area contributed by atoms with Crippen molar-refractivity contribution in [3.05, 3.63) is 41.2 Å². The number of nitrogens with one attached hydrogen (secondary N) is 1. The number of hydrogen-bond acceptors (Lipinski definition) is 2. The Morgan fingerprint density at radius 3 is 2.61 bits per heavy atom. The Hall–Kier alpha value is -1.61. The topological polar surface area (TPSA) is 29.9 Å². The lowest BCUT2D eigenvalue weighted by Gasteiger charge is -2.05. The summed E-state index contributed by atoms with van der Waals surface area (Å²) >= 11 is 0. The quantitative estimate of drug-likeness (QED) is 0.894. The van der Waals surface area contributed by atoms with Gasteiger partial charge in [-0.2, -0.15) is 0 Å². The molecule has 2 aromatic rings. The van der Waals surface area contributed by atoms with Crippen molar-refractivity contribution in [2.45, 2.75) is 20.3 Å². The minimum absolute atomic E-state index is 0.963. The normalized spacial score (nSPS) is 10.9. The predicted molar refractivity (Wildman–Crippen MR) is 75.7 cm³/mol. The minimum atomic E-state index is 0.963. The van der Waals surface area contributed by atoms with E-state index in [0.29, 0.717) is 0 Å². The highest BCUT2D eigenvalue weighted by molar-refractivity contribution is 5.61. The molecule has 96 valence electrons. The number of benzene rings is 1. The van der Waals surface area contributed by atoms with Crippen molar-refractivity contribution >= 4 is 0 Å². The van der Waals surface area contributed by atoms with Crippen LogP contribution in [0.3, 0.4) is 0 Å². The van der Waals surface area contributed by atoms with Crippen LogP contribution in [0.1, 0.15) is 17.0 Å². The third-order valence-corrected chi connectivity index (χ3v) is 3.48. The molecule has 2 rings (SSSR count). The van der Waals surface area contributed by atoms with Crippen molar-refractivity contribution < 1.29 is 0 Å². The number of aryl methyl sites for hydroxylation is 1. The zero-order valence-electron chi connectivity index (χ0n) is 11.6. The minimum Gasteiger partial charge on any atom is -0.331 e. The van der Waals surface area contributed by atoms with E-state index < -0.39 is 0 Å². The predicted octanol–water partition coefficient (Wildman–Crippen LogP) is 2.47. The average molecular weight is 243 g/mol. The Labute approximate surface area is 109 Å². The van der Waals surface area contributed by atoms with Gasteiger partial charge in [0.05, 0.1) is 5.69 Å². The summed E-state index contributed by atoms with van der Waals surface area (Å²) in [5.74, 6) is 1.07. The van der Waals surface area contributed by atoms with Crippen LogP contribution >= 0.6 is 0 Å². The second-order valence-corrected chi connectivity index (χ2v) is 4.70. The molecule has 0 unspecified atom stereocenters. The highest BCUT2D eigenvalue weighted by Gasteiger charge is 2.13. The highest BCUT2D eigenvalue weighted by atomic mass is 15.1. The van der Waals surface area contributed by atoms with Crippen LogP contribution in [0.25, 0.3) is 11.4 Å². The highest BCUT2D eigenvalue weighted by Crippen LogP contribution is 2.24. The molecule has 0 saturated heterocycles. The number of aromatic nitrogens is 2. The lowest BCUT2D eigenvalue weighted by atomic mass is 10.1. The van der Waals surface area contributed by atoms with Crippen LogP contribution in [0.2, 0.25) is 0 Å². The lowest BCUT2D eigenvalue weighted by Crippen LogP contribution is -2.11. The van der Waals surface area contributed by atoms with Gasteiger partial charge in [0, 0.05) is 31.3 Å². The number of nitrogens with zero attached hydrogens (tertiary/aromatic N) is 2. The molecule has 3 nitrogen and oxygen atoms in total. The van der Waals surface area contributed by atoms with Crippen LogP contribution in [0, 0.1) is 13.8 Å². The van der Waals surface area contributed by atoms with E-state index in [1.165, 1.54) is 22.5 Å². The summed E-state index contributed by atoms with van der Waals surface area (Å²) in [5, 5.41) is 3.17. The Bertz CT molecular complexity index is 541. The van der Waals surface area contributed by atoms with Crippen molar-refractivity contribution in [2.75, 3.05) is 13.6 Å². The maximum atomic E-state index is 4.80. The third kappa shape index (κ3) is 2.31. The SMILES string of the molecule is CNCCc1nc(-c2ccccc2C)n(C)c1C.